The SMILES string of the molecule is NC1=c2ccsc2=NCN1c1ccc(NC(=O)[C@H]2C[C@@H]2c2ccccc2)cc1. The van der Waals surface area contributed by atoms with Crippen molar-refractivity contribution in [1.82, 2.24) is 0 Å². The van der Waals surface area contributed by atoms with E-state index in [0.29, 0.717) is 18.4 Å². The highest BCUT2D eigenvalue weighted by Crippen LogP contribution is 2.47. The summed E-state index contributed by atoms with van der Waals surface area (Å²) in [6.45, 7) is 0.506. The number of nitrogens with two attached hydrogens (primary N) is 1. The highest BCUT2D eigenvalue weighted by Gasteiger charge is 2.43. The minimum atomic E-state index is 0.0592. The summed E-state index contributed by atoms with van der Waals surface area (Å²) in [6, 6.07) is 20.0. The second-order valence-corrected chi connectivity index (χ2v) is 8.04. The highest BCUT2D eigenvalue weighted by atomic mass is 32.1. The number of amides is 1. The molecule has 1 amide bonds. The Hall–Kier alpha value is -3.12. The van der Waals surface area contributed by atoms with E-state index in [4.69, 9.17) is 5.73 Å². The van der Waals surface area contributed by atoms with Crippen LogP contribution in [0.4, 0.5) is 11.4 Å². The topological polar surface area (TPSA) is 70.7 Å². The van der Waals surface area contributed by atoms with E-state index in [1.54, 1.807) is 11.3 Å². The number of anilines is 2. The largest absolute Gasteiger partial charge is 0.384 e. The van der Waals surface area contributed by atoms with Gasteiger partial charge >= 0.3 is 0 Å². The zero-order valence-corrected chi connectivity index (χ0v) is 16.0. The molecule has 2 heterocycles. The highest BCUT2D eigenvalue weighted by molar-refractivity contribution is 7.07. The van der Waals surface area contributed by atoms with E-state index in [9.17, 15) is 4.79 Å². The smallest absolute Gasteiger partial charge is 0.228 e. The average molecular weight is 388 g/mol. The molecule has 1 fully saturated rings. The quantitative estimate of drug-likeness (QED) is 0.722. The number of fused-ring (bicyclic) bond motifs is 1. The van der Waals surface area contributed by atoms with Gasteiger partial charge in [0.25, 0.3) is 0 Å². The van der Waals surface area contributed by atoms with Crippen LogP contribution in [0.3, 0.4) is 0 Å². The molecule has 1 saturated carbocycles. The number of carbonyl (C=O) groups excluding carboxylic acids is 1. The third kappa shape index (κ3) is 3.05. The molecule has 3 N–H and O–H groups in total. The van der Waals surface area contributed by atoms with E-state index in [1.807, 2.05) is 58.8 Å². The van der Waals surface area contributed by atoms with E-state index in [1.165, 1.54) is 5.56 Å². The summed E-state index contributed by atoms with van der Waals surface area (Å²) in [5.41, 5.74) is 9.33. The normalized spacial score (nSPS) is 20.3. The molecule has 1 aromatic heterocycles. The Balaban J connectivity index is 1.27. The van der Waals surface area contributed by atoms with Crippen molar-refractivity contribution in [2.75, 3.05) is 16.9 Å². The molecule has 2 aromatic carbocycles. The first-order chi connectivity index (χ1) is 13.7. The third-order valence-corrected chi connectivity index (χ3v) is 6.21. The minimum Gasteiger partial charge on any atom is -0.384 e. The van der Waals surface area contributed by atoms with E-state index in [-0.39, 0.29) is 11.8 Å². The van der Waals surface area contributed by atoms with Gasteiger partial charge in [0.1, 0.15) is 17.2 Å². The number of rotatable bonds is 4. The summed E-state index contributed by atoms with van der Waals surface area (Å²) in [7, 11) is 0. The van der Waals surface area contributed by atoms with Crippen LogP contribution in [0.15, 0.2) is 71.0 Å². The summed E-state index contributed by atoms with van der Waals surface area (Å²) >= 11 is 1.60. The number of thiophene rings is 1. The standard InChI is InChI=1S/C22H20N4OS/c23-20-17-10-11-28-22(17)24-13-26(20)16-8-6-15(7-9-16)25-21(27)19-12-18(19)14-4-2-1-3-5-14/h1-11,18-19H,12-13,23H2,(H,25,27)/t18-,19+/m1/s1. The number of hydrogen-bond acceptors (Lipinski definition) is 5. The van der Waals surface area contributed by atoms with E-state index in [2.05, 4.69) is 22.4 Å². The van der Waals surface area contributed by atoms with Crippen LogP contribution in [0.5, 0.6) is 0 Å². The molecule has 5 rings (SSSR count). The number of hydrogen-bond donors (Lipinski definition) is 2. The average Bonchev–Trinajstić information content (AvgIpc) is 3.39. The van der Waals surface area contributed by atoms with Crippen molar-refractivity contribution in [3.05, 3.63) is 81.5 Å². The van der Waals surface area contributed by atoms with E-state index < -0.39 is 0 Å². The van der Waals surface area contributed by atoms with Gasteiger partial charge in [-0.05, 0) is 53.6 Å². The van der Waals surface area contributed by atoms with Crippen LogP contribution < -0.4 is 25.8 Å². The van der Waals surface area contributed by atoms with Crippen molar-refractivity contribution in [3.8, 4) is 0 Å². The third-order valence-electron chi connectivity index (χ3n) is 5.37. The van der Waals surface area contributed by atoms with Crippen molar-refractivity contribution in [1.29, 1.82) is 0 Å². The molecule has 2 atom stereocenters. The molecule has 1 aliphatic carbocycles. The molecule has 0 spiro atoms. The van der Waals surface area contributed by atoms with E-state index in [0.717, 1.165) is 27.7 Å². The summed E-state index contributed by atoms with van der Waals surface area (Å²) in [4.78, 5) is 19.1. The van der Waals surface area contributed by atoms with Crippen molar-refractivity contribution in [3.63, 3.8) is 0 Å². The molecule has 6 heteroatoms. The van der Waals surface area contributed by atoms with Crippen molar-refractivity contribution in [2.24, 2.45) is 16.6 Å². The monoisotopic (exact) mass is 388 g/mol. The van der Waals surface area contributed by atoms with Gasteiger partial charge in [0.2, 0.25) is 5.91 Å². The molecule has 1 aliphatic heterocycles. The predicted octanol–water partition coefficient (Wildman–Crippen LogP) is 2.61. The van der Waals surface area contributed by atoms with Crippen LogP contribution in [0, 0.1) is 5.92 Å². The van der Waals surface area contributed by atoms with Gasteiger partial charge in [-0.15, -0.1) is 11.3 Å². The van der Waals surface area contributed by atoms with Crippen LogP contribution in [0.1, 0.15) is 17.9 Å². The van der Waals surface area contributed by atoms with Gasteiger partial charge < -0.3 is 16.0 Å². The second kappa shape index (κ2) is 6.80. The lowest BCUT2D eigenvalue weighted by Gasteiger charge is -2.24. The fraction of sp³-hybridized carbons (Fsp3) is 0.182. The summed E-state index contributed by atoms with van der Waals surface area (Å²) in [5.74, 6) is 1.20. The van der Waals surface area contributed by atoms with Crippen LogP contribution in [0.25, 0.3) is 5.82 Å². The predicted molar refractivity (Wildman–Crippen MR) is 112 cm³/mol. The number of nitrogens with one attached hydrogen (secondary N) is 1. The van der Waals surface area contributed by atoms with Crippen LogP contribution in [-0.2, 0) is 4.79 Å². The lowest BCUT2D eigenvalue weighted by atomic mass is 10.1. The molecule has 140 valence electrons. The minimum absolute atomic E-state index is 0.0592. The molecule has 5 nitrogen and oxygen atoms in total. The Labute approximate surface area is 166 Å². The second-order valence-electron chi connectivity index (χ2n) is 7.15. The zero-order chi connectivity index (χ0) is 19.1. The van der Waals surface area contributed by atoms with E-state index >= 15 is 0 Å². The first-order valence-corrected chi connectivity index (χ1v) is 10.2. The molecule has 2 aliphatic rings. The fourth-order valence-electron chi connectivity index (χ4n) is 3.71. The molecule has 0 radical (unpaired) electrons. The van der Waals surface area contributed by atoms with Gasteiger partial charge in [-0.2, -0.15) is 0 Å². The molecule has 28 heavy (non-hydrogen) atoms. The number of carbonyl (C=O) groups is 1. The van der Waals surface area contributed by atoms with Crippen molar-refractivity contribution < 1.29 is 4.79 Å². The van der Waals surface area contributed by atoms with Crippen LogP contribution in [-0.4, -0.2) is 12.6 Å². The molecule has 0 saturated heterocycles. The van der Waals surface area contributed by atoms with Crippen molar-refractivity contribution in [2.45, 2.75) is 12.3 Å². The first-order valence-electron chi connectivity index (χ1n) is 9.32. The van der Waals surface area contributed by atoms with Crippen molar-refractivity contribution >= 4 is 34.4 Å². The van der Waals surface area contributed by atoms with Crippen LogP contribution >= 0.6 is 11.3 Å². The fourth-order valence-corrected chi connectivity index (χ4v) is 4.47. The first kappa shape index (κ1) is 17.0. The Morgan fingerprint density at radius 3 is 2.68 bits per heavy atom. The Morgan fingerprint density at radius 1 is 1.11 bits per heavy atom. The zero-order valence-electron chi connectivity index (χ0n) is 15.2. The molecular weight excluding hydrogens is 368 g/mol. The van der Waals surface area contributed by atoms with Crippen LogP contribution in [0.2, 0.25) is 0 Å². The Kier molecular flexibility index (Phi) is 4.13. The van der Waals surface area contributed by atoms with Gasteiger partial charge in [0.05, 0.1) is 5.22 Å². The summed E-state index contributed by atoms with van der Waals surface area (Å²) < 4.78 is 0.982. The lowest BCUT2D eigenvalue weighted by Crippen LogP contribution is -2.41. The maximum atomic E-state index is 12.5. The Morgan fingerprint density at radius 2 is 1.89 bits per heavy atom. The van der Waals surface area contributed by atoms with Gasteiger partial charge in [-0.1, -0.05) is 30.3 Å². The Bertz CT molecular complexity index is 1140. The molecule has 0 bridgehead atoms. The summed E-state index contributed by atoms with van der Waals surface area (Å²) in [6.07, 6.45) is 0.914. The summed E-state index contributed by atoms with van der Waals surface area (Å²) in [5, 5.41) is 6.02. The maximum Gasteiger partial charge on any atom is 0.228 e. The lowest BCUT2D eigenvalue weighted by molar-refractivity contribution is -0.117. The molecule has 3 aromatic rings. The van der Waals surface area contributed by atoms with Gasteiger partial charge in [-0.3, -0.25) is 9.79 Å². The van der Waals surface area contributed by atoms with Gasteiger partial charge in [0.15, 0.2) is 0 Å². The van der Waals surface area contributed by atoms with Gasteiger partial charge in [-0.25, -0.2) is 0 Å². The number of benzene rings is 2. The maximum absolute atomic E-state index is 12.5. The van der Waals surface area contributed by atoms with Gasteiger partial charge in [0, 0.05) is 17.3 Å². The molecular formula is C22H20N4OS. The molecule has 0 unspecified atom stereocenters. The number of nitrogens with zero attached hydrogens (tertiary/aromatic N) is 2.